The second-order valence-corrected chi connectivity index (χ2v) is 5.83. The van der Waals surface area contributed by atoms with Crippen LogP contribution in [0.3, 0.4) is 0 Å². The molecule has 1 aliphatic rings. The van der Waals surface area contributed by atoms with E-state index in [0.29, 0.717) is 22.7 Å². The third-order valence-corrected chi connectivity index (χ3v) is 4.24. The largest absolute Gasteiger partial charge is 0.484 e. The van der Waals surface area contributed by atoms with Crippen molar-refractivity contribution in [3.8, 4) is 5.75 Å². The monoisotopic (exact) mass is 353 g/mol. The topological polar surface area (TPSA) is 87.7 Å². The summed E-state index contributed by atoms with van der Waals surface area (Å²) < 4.78 is 5.33. The van der Waals surface area contributed by atoms with Crippen LogP contribution in [-0.4, -0.2) is 29.5 Å². The van der Waals surface area contributed by atoms with E-state index in [-0.39, 0.29) is 6.61 Å². The van der Waals surface area contributed by atoms with E-state index in [1.165, 1.54) is 0 Å². The number of imide groups is 1. The molecule has 2 aromatic carbocycles. The smallest absolute Gasteiger partial charge is 0.344 e. The minimum atomic E-state index is -1.19. The summed E-state index contributed by atoms with van der Waals surface area (Å²) in [5.41, 5.74) is 1.79. The number of carbonyl (C=O) groups excluding carboxylic acids is 3. The van der Waals surface area contributed by atoms with Gasteiger partial charge in [-0.1, -0.05) is 55.5 Å². The highest BCUT2D eigenvalue weighted by Crippen LogP contribution is 2.31. The molecule has 7 heteroatoms. The molecule has 1 fully saturated rings. The minimum absolute atomic E-state index is 0.314. The van der Waals surface area contributed by atoms with Crippen molar-refractivity contribution in [2.24, 2.45) is 0 Å². The number of hydrogen-bond acceptors (Lipinski definition) is 4. The Kier molecular flexibility index (Phi) is 4.88. The minimum Gasteiger partial charge on any atom is -0.484 e. The van der Waals surface area contributed by atoms with Gasteiger partial charge in [0.15, 0.2) is 6.61 Å². The number of benzene rings is 2. The van der Waals surface area contributed by atoms with Crippen LogP contribution < -0.4 is 15.5 Å². The summed E-state index contributed by atoms with van der Waals surface area (Å²) in [6, 6.07) is 17.1. The molecule has 1 aliphatic heterocycles. The van der Waals surface area contributed by atoms with E-state index in [2.05, 4.69) is 10.7 Å². The lowest BCUT2D eigenvalue weighted by Gasteiger charge is -2.25. The van der Waals surface area contributed by atoms with Crippen molar-refractivity contribution in [2.45, 2.75) is 18.9 Å². The zero-order chi connectivity index (χ0) is 18.6. The number of rotatable bonds is 6. The number of hydrazine groups is 1. The zero-order valence-electron chi connectivity index (χ0n) is 14.3. The average Bonchev–Trinajstić information content (AvgIpc) is 2.93. The number of hydrogen-bond donors (Lipinski definition) is 2. The van der Waals surface area contributed by atoms with E-state index in [4.69, 9.17) is 4.74 Å². The summed E-state index contributed by atoms with van der Waals surface area (Å²) in [7, 11) is 0. The summed E-state index contributed by atoms with van der Waals surface area (Å²) in [6.45, 7) is 1.49. The van der Waals surface area contributed by atoms with Gasteiger partial charge in [-0.3, -0.25) is 15.0 Å². The number of urea groups is 1. The lowest BCUT2D eigenvalue weighted by Crippen LogP contribution is -2.49. The van der Waals surface area contributed by atoms with Gasteiger partial charge in [-0.25, -0.2) is 4.79 Å². The first-order valence-electron chi connectivity index (χ1n) is 8.26. The van der Waals surface area contributed by atoms with Gasteiger partial charge < -0.3 is 10.1 Å². The molecule has 1 saturated heterocycles. The maximum absolute atomic E-state index is 12.9. The Morgan fingerprint density at radius 2 is 1.69 bits per heavy atom. The summed E-state index contributed by atoms with van der Waals surface area (Å²) in [4.78, 5) is 37.2. The first-order valence-corrected chi connectivity index (χ1v) is 8.26. The van der Waals surface area contributed by atoms with Gasteiger partial charge in [0, 0.05) is 0 Å². The van der Waals surface area contributed by atoms with Gasteiger partial charge in [0.1, 0.15) is 11.3 Å². The van der Waals surface area contributed by atoms with Crippen LogP contribution in [0.5, 0.6) is 5.75 Å². The van der Waals surface area contributed by atoms with E-state index in [0.717, 1.165) is 0 Å². The Morgan fingerprint density at radius 3 is 2.31 bits per heavy atom. The fourth-order valence-corrected chi connectivity index (χ4v) is 2.86. The Hall–Kier alpha value is -3.35. The number of carbonyl (C=O) groups is 3. The van der Waals surface area contributed by atoms with Crippen molar-refractivity contribution < 1.29 is 19.1 Å². The number of nitrogens with zero attached hydrogens (tertiary/aromatic N) is 1. The van der Waals surface area contributed by atoms with Crippen molar-refractivity contribution in [1.82, 2.24) is 15.8 Å². The molecule has 134 valence electrons. The molecule has 2 N–H and O–H groups in total. The summed E-state index contributed by atoms with van der Waals surface area (Å²) in [5, 5.41) is 3.41. The predicted octanol–water partition coefficient (Wildman–Crippen LogP) is 1.95. The normalized spacial score (nSPS) is 19.2. The first-order chi connectivity index (χ1) is 12.6. The van der Waals surface area contributed by atoms with E-state index < -0.39 is 23.4 Å². The molecule has 2 aromatic rings. The van der Waals surface area contributed by atoms with Crippen LogP contribution in [-0.2, 0) is 15.1 Å². The lowest BCUT2D eigenvalue weighted by molar-refractivity contribution is -0.140. The Morgan fingerprint density at radius 1 is 1.08 bits per heavy atom. The standard InChI is InChI=1S/C19H19N3O4/c1-2-19(14-9-5-3-6-10-14)17(24)22(18(25)20-19)21-16(23)13-26-15-11-7-4-8-12-15/h3-12H,2,13H2,1H3,(H,20,25)(H,21,23)/t19-/m0/s1. The maximum atomic E-state index is 12.9. The molecule has 0 radical (unpaired) electrons. The van der Waals surface area contributed by atoms with Crippen LogP contribution in [0.1, 0.15) is 18.9 Å². The SMILES string of the molecule is CC[C@@]1(c2ccccc2)NC(=O)N(NC(=O)COc2ccccc2)C1=O. The molecule has 26 heavy (non-hydrogen) atoms. The van der Waals surface area contributed by atoms with Crippen LogP contribution in [0.15, 0.2) is 60.7 Å². The highest BCUT2D eigenvalue weighted by atomic mass is 16.5. The highest BCUT2D eigenvalue weighted by molar-refractivity contribution is 6.08. The van der Waals surface area contributed by atoms with Gasteiger partial charge in [-0.15, -0.1) is 0 Å². The second kappa shape index (κ2) is 7.26. The van der Waals surface area contributed by atoms with Gasteiger partial charge in [-0.05, 0) is 24.1 Å². The molecule has 0 aromatic heterocycles. The van der Waals surface area contributed by atoms with Crippen LogP contribution in [0.4, 0.5) is 4.79 Å². The number of ether oxygens (including phenoxy) is 1. The van der Waals surface area contributed by atoms with E-state index in [9.17, 15) is 14.4 Å². The van der Waals surface area contributed by atoms with Crippen LogP contribution >= 0.6 is 0 Å². The summed E-state index contributed by atoms with van der Waals surface area (Å²) in [5.74, 6) is -0.603. The van der Waals surface area contributed by atoms with Crippen molar-refractivity contribution in [1.29, 1.82) is 0 Å². The maximum Gasteiger partial charge on any atom is 0.344 e. The average molecular weight is 353 g/mol. The van der Waals surface area contributed by atoms with Crippen LogP contribution in [0, 0.1) is 0 Å². The van der Waals surface area contributed by atoms with E-state index >= 15 is 0 Å². The molecule has 0 spiro atoms. The quantitative estimate of drug-likeness (QED) is 0.777. The van der Waals surface area contributed by atoms with Gasteiger partial charge in [0.2, 0.25) is 0 Å². The van der Waals surface area contributed by atoms with Crippen LogP contribution in [0.2, 0.25) is 0 Å². The molecule has 7 nitrogen and oxygen atoms in total. The molecular weight excluding hydrogens is 334 g/mol. The Balaban J connectivity index is 1.70. The third-order valence-electron chi connectivity index (χ3n) is 4.24. The first kappa shape index (κ1) is 17.5. The molecule has 0 bridgehead atoms. The van der Waals surface area contributed by atoms with E-state index in [1.807, 2.05) is 12.1 Å². The molecule has 4 amide bonds. The van der Waals surface area contributed by atoms with Crippen molar-refractivity contribution in [3.63, 3.8) is 0 Å². The number of para-hydroxylation sites is 1. The third kappa shape index (κ3) is 3.23. The zero-order valence-corrected chi connectivity index (χ0v) is 14.3. The lowest BCUT2D eigenvalue weighted by atomic mass is 9.87. The van der Waals surface area contributed by atoms with Gasteiger partial charge >= 0.3 is 6.03 Å². The Labute approximate surface area is 150 Å². The van der Waals surface area contributed by atoms with Gasteiger partial charge in [0.05, 0.1) is 0 Å². The molecule has 1 atom stereocenters. The molecule has 0 aliphatic carbocycles. The van der Waals surface area contributed by atoms with Crippen LogP contribution in [0.25, 0.3) is 0 Å². The van der Waals surface area contributed by atoms with Crippen molar-refractivity contribution >= 4 is 17.8 Å². The van der Waals surface area contributed by atoms with Crippen molar-refractivity contribution in [2.75, 3.05) is 6.61 Å². The summed E-state index contributed by atoms with van der Waals surface area (Å²) in [6.07, 6.45) is 0.356. The highest BCUT2D eigenvalue weighted by Gasteiger charge is 2.52. The van der Waals surface area contributed by atoms with Crippen molar-refractivity contribution in [3.05, 3.63) is 66.2 Å². The Bertz CT molecular complexity index is 810. The number of amides is 4. The van der Waals surface area contributed by atoms with Gasteiger partial charge in [0.25, 0.3) is 11.8 Å². The molecule has 0 saturated carbocycles. The fourth-order valence-electron chi connectivity index (χ4n) is 2.86. The molecular formula is C19H19N3O4. The molecule has 1 heterocycles. The molecule has 0 unspecified atom stereocenters. The predicted molar refractivity (Wildman–Crippen MR) is 93.9 cm³/mol. The van der Waals surface area contributed by atoms with Gasteiger partial charge in [-0.2, -0.15) is 5.01 Å². The van der Waals surface area contributed by atoms with E-state index in [1.54, 1.807) is 55.5 Å². The fraction of sp³-hybridized carbons (Fsp3) is 0.211. The second-order valence-electron chi connectivity index (χ2n) is 5.83. The molecule has 3 rings (SSSR count). The summed E-state index contributed by atoms with van der Waals surface area (Å²) >= 11 is 0. The number of nitrogens with one attached hydrogen (secondary N) is 2.